The largest absolute Gasteiger partial charge is 0.448 e. The maximum atomic E-state index is 5.54. The van der Waals surface area contributed by atoms with Crippen LogP contribution in [0.25, 0.3) is 0 Å². The Morgan fingerprint density at radius 1 is 1.29 bits per heavy atom. The summed E-state index contributed by atoms with van der Waals surface area (Å²) in [7, 11) is 1.93. The zero-order chi connectivity index (χ0) is 11.7. The second-order valence-electron chi connectivity index (χ2n) is 4.55. The number of nitrogens with zero attached hydrogens (tertiary/aromatic N) is 1. The molecule has 0 amide bonds. The maximum Gasteiger partial charge on any atom is 0.181 e. The molecule has 2 unspecified atom stereocenters. The Kier molecular flexibility index (Phi) is 2.69. The van der Waals surface area contributed by atoms with Crippen molar-refractivity contribution in [2.45, 2.75) is 24.8 Å². The zero-order valence-electron chi connectivity index (χ0n) is 9.89. The Morgan fingerprint density at radius 2 is 2.12 bits per heavy atom. The molecule has 1 saturated carbocycles. The Morgan fingerprint density at radius 3 is 2.88 bits per heavy atom. The molecular weight excluding hydrogens is 212 g/mol. The highest BCUT2D eigenvalue weighted by Crippen LogP contribution is 2.55. The molecule has 1 aliphatic rings. The van der Waals surface area contributed by atoms with Gasteiger partial charge in [-0.25, -0.2) is 4.98 Å². The van der Waals surface area contributed by atoms with Gasteiger partial charge in [-0.3, -0.25) is 0 Å². The van der Waals surface area contributed by atoms with E-state index in [4.69, 9.17) is 4.42 Å². The van der Waals surface area contributed by atoms with Gasteiger partial charge in [0.25, 0.3) is 0 Å². The topological polar surface area (TPSA) is 38.1 Å². The minimum atomic E-state index is 0.517. The molecule has 3 nitrogen and oxygen atoms in total. The van der Waals surface area contributed by atoms with Gasteiger partial charge in [-0.05, 0) is 24.9 Å². The first-order valence-electron chi connectivity index (χ1n) is 6.02. The first-order chi connectivity index (χ1) is 8.40. The van der Waals surface area contributed by atoms with Crippen molar-refractivity contribution in [1.82, 2.24) is 10.3 Å². The highest BCUT2D eigenvalue weighted by molar-refractivity contribution is 5.33. The van der Waals surface area contributed by atoms with Crippen LogP contribution in [0.1, 0.15) is 35.3 Å². The molecule has 2 aromatic rings. The first kappa shape index (κ1) is 10.5. The van der Waals surface area contributed by atoms with E-state index in [1.165, 1.54) is 12.0 Å². The molecule has 1 N–H and O–H groups in total. The normalized spacial score (nSPS) is 22.6. The predicted molar refractivity (Wildman–Crippen MR) is 65.8 cm³/mol. The van der Waals surface area contributed by atoms with Crippen LogP contribution in [0.4, 0.5) is 0 Å². The molecule has 0 aliphatic heterocycles. The second-order valence-corrected chi connectivity index (χ2v) is 4.55. The van der Waals surface area contributed by atoms with Gasteiger partial charge in [0.1, 0.15) is 5.76 Å². The van der Waals surface area contributed by atoms with Gasteiger partial charge < -0.3 is 9.73 Å². The standard InChI is InChI=1S/C14H16N2O/c1-15-8-13-14(17-9-16-13)12-7-11(12)10-5-3-2-4-6-10/h2-6,9,11-12,15H,7-8H2,1H3. The Balaban J connectivity index is 1.78. The fourth-order valence-electron chi connectivity index (χ4n) is 2.43. The fraction of sp³-hybridized carbons (Fsp3) is 0.357. The molecular formula is C14H16N2O. The van der Waals surface area contributed by atoms with Crippen molar-refractivity contribution in [2.24, 2.45) is 0 Å². The summed E-state index contributed by atoms with van der Waals surface area (Å²) in [6.45, 7) is 0.782. The van der Waals surface area contributed by atoms with Crippen LogP contribution in [0.5, 0.6) is 0 Å². The number of benzene rings is 1. The van der Waals surface area contributed by atoms with Crippen molar-refractivity contribution < 1.29 is 4.42 Å². The molecule has 0 bridgehead atoms. The van der Waals surface area contributed by atoms with E-state index in [1.807, 2.05) is 7.05 Å². The average molecular weight is 228 g/mol. The number of rotatable bonds is 4. The van der Waals surface area contributed by atoms with Crippen LogP contribution in [0.3, 0.4) is 0 Å². The number of oxazole rings is 1. The summed E-state index contributed by atoms with van der Waals surface area (Å²) in [6, 6.07) is 10.6. The van der Waals surface area contributed by atoms with E-state index in [9.17, 15) is 0 Å². The molecule has 0 spiro atoms. The maximum absolute atomic E-state index is 5.54. The fourth-order valence-corrected chi connectivity index (χ4v) is 2.43. The van der Waals surface area contributed by atoms with E-state index in [2.05, 4.69) is 40.6 Å². The van der Waals surface area contributed by atoms with Gasteiger partial charge in [-0.2, -0.15) is 0 Å². The summed E-state index contributed by atoms with van der Waals surface area (Å²) in [5.41, 5.74) is 2.46. The van der Waals surface area contributed by atoms with E-state index < -0.39 is 0 Å². The van der Waals surface area contributed by atoms with Gasteiger partial charge in [0.15, 0.2) is 6.39 Å². The van der Waals surface area contributed by atoms with Crippen LogP contribution < -0.4 is 5.32 Å². The third kappa shape index (κ3) is 1.98. The molecule has 88 valence electrons. The van der Waals surface area contributed by atoms with Crippen LogP contribution in [0.2, 0.25) is 0 Å². The Bertz CT molecular complexity index is 492. The molecule has 2 atom stereocenters. The molecule has 3 rings (SSSR count). The van der Waals surface area contributed by atoms with Crippen LogP contribution in [0, 0.1) is 0 Å². The van der Waals surface area contributed by atoms with E-state index in [1.54, 1.807) is 6.39 Å². The second kappa shape index (κ2) is 4.34. The molecule has 0 radical (unpaired) electrons. The van der Waals surface area contributed by atoms with Gasteiger partial charge in [-0.1, -0.05) is 30.3 Å². The van der Waals surface area contributed by atoms with Gasteiger partial charge >= 0.3 is 0 Å². The summed E-state index contributed by atoms with van der Waals surface area (Å²) >= 11 is 0. The summed E-state index contributed by atoms with van der Waals surface area (Å²) in [5.74, 6) is 2.19. The van der Waals surface area contributed by atoms with E-state index >= 15 is 0 Å². The van der Waals surface area contributed by atoms with Crippen LogP contribution >= 0.6 is 0 Å². The smallest absolute Gasteiger partial charge is 0.181 e. The molecule has 1 fully saturated rings. The quantitative estimate of drug-likeness (QED) is 0.874. The third-order valence-electron chi connectivity index (χ3n) is 3.37. The number of hydrogen-bond acceptors (Lipinski definition) is 3. The average Bonchev–Trinajstić information content (AvgIpc) is 3.04. The minimum absolute atomic E-state index is 0.517. The summed E-state index contributed by atoms with van der Waals surface area (Å²) in [4.78, 5) is 4.27. The minimum Gasteiger partial charge on any atom is -0.448 e. The van der Waals surface area contributed by atoms with Crippen molar-refractivity contribution in [3.05, 3.63) is 53.7 Å². The van der Waals surface area contributed by atoms with Crippen molar-refractivity contribution in [2.75, 3.05) is 7.05 Å². The number of hydrogen-bond donors (Lipinski definition) is 1. The molecule has 0 saturated heterocycles. The zero-order valence-corrected chi connectivity index (χ0v) is 9.89. The molecule has 1 aromatic carbocycles. The Hall–Kier alpha value is -1.61. The van der Waals surface area contributed by atoms with E-state index in [0.717, 1.165) is 18.0 Å². The monoisotopic (exact) mass is 228 g/mol. The summed E-state index contributed by atoms with van der Waals surface area (Å²) in [6.07, 6.45) is 2.73. The number of nitrogens with one attached hydrogen (secondary N) is 1. The van der Waals surface area contributed by atoms with Crippen LogP contribution in [-0.4, -0.2) is 12.0 Å². The van der Waals surface area contributed by atoms with E-state index in [0.29, 0.717) is 11.8 Å². The SMILES string of the molecule is CNCc1ncoc1C1CC1c1ccccc1. The van der Waals surface area contributed by atoms with Gasteiger partial charge in [0.05, 0.1) is 5.69 Å². The lowest BCUT2D eigenvalue weighted by Gasteiger charge is -2.00. The number of aromatic nitrogens is 1. The van der Waals surface area contributed by atoms with Crippen LogP contribution in [0.15, 0.2) is 41.1 Å². The van der Waals surface area contributed by atoms with Crippen molar-refractivity contribution in [1.29, 1.82) is 0 Å². The highest BCUT2D eigenvalue weighted by Gasteiger charge is 2.43. The third-order valence-corrected chi connectivity index (χ3v) is 3.37. The summed E-state index contributed by atoms with van der Waals surface area (Å²) in [5, 5.41) is 3.13. The molecule has 1 aliphatic carbocycles. The lowest BCUT2D eigenvalue weighted by atomic mass is 10.1. The van der Waals surface area contributed by atoms with Gasteiger partial charge in [0, 0.05) is 12.5 Å². The van der Waals surface area contributed by atoms with Crippen molar-refractivity contribution >= 4 is 0 Å². The van der Waals surface area contributed by atoms with Crippen LogP contribution in [-0.2, 0) is 6.54 Å². The molecule has 3 heteroatoms. The molecule has 1 heterocycles. The highest BCUT2D eigenvalue weighted by atomic mass is 16.3. The first-order valence-corrected chi connectivity index (χ1v) is 6.02. The lowest BCUT2D eigenvalue weighted by Crippen LogP contribution is -2.07. The van der Waals surface area contributed by atoms with E-state index in [-0.39, 0.29) is 0 Å². The summed E-state index contributed by atoms with van der Waals surface area (Å²) < 4.78 is 5.54. The molecule has 1 aromatic heterocycles. The van der Waals surface area contributed by atoms with Crippen molar-refractivity contribution in [3.63, 3.8) is 0 Å². The molecule has 17 heavy (non-hydrogen) atoms. The van der Waals surface area contributed by atoms with Gasteiger partial charge in [0.2, 0.25) is 0 Å². The predicted octanol–water partition coefficient (Wildman–Crippen LogP) is 2.67. The lowest BCUT2D eigenvalue weighted by molar-refractivity contribution is 0.499. The Labute approximate surface area is 101 Å². The van der Waals surface area contributed by atoms with Gasteiger partial charge in [-0.15, -0.1) is 0 Å². The van der Waals surface area contributed by atoms with Crippen molar-refractivity contribution in [3.8, 4) is 0 Å².